The van der Waals surface area contributed by atoms with Crippen molar-refractivity contribution in [2.45, 2.75) is 68.9 Å². The van der Waals surface area contributed by atoms with E-state index in [1.807, 2.05) is 6.92 Å². The van der Waals surface area contributed by atoms with E-state index in [2.05, 4.69) is 15.2 Å². The van der Waals surface area contributed by atoms with Crippen molar-refractivity contribution in [1.29, 1.82) is 0 Å². The van der Waals surface area contributed by atoms with Crippen LogP contribution < -0.4 is 5.32 Å². The van der Waals surface area contributed by atoms with Crippen molar-refractivity contribution in [2.75, 3.05) is 25.5 Å². The van der Waals surface area contributed by atoms with E-state index in [1.165, 1.54) is 18.3 Å². The first kappa shape index (κ1) is 29.4. The van der Waals surface area contributed by atoms with Gasteiger partial charge in [0.15, 0.2) is 15.9 Å². The summed E-state index contributed by atoms with van der Waals surface area (Å²) in [7, 11) is -3.36. The third-order valence-electron chi connectivity index (χ3n) is 7.52. The van der Waals surface area contributed by atoms with Gasteiger partial charge in [-0.25, -0.2) is 8.42 Å². The van der Waals surface area contributed by atoms with Gasteiger partial charge in [0.05, 0.1) is 47.2 Å². The average Bonchev–Trinajstić information content (AvgIpc) is 3.27. The summed E-state index contributed by atoms with van der Waals surface area (Å²) < 4.78 is 68.0. The number of benzene rings is 1. The molecule has 2 aliphatic rings. The number of hydrogen-bond donors (Lipinski definition) is 2. The van der Waals surface area contributed by atoms with Crippen molar-refractivity contribution in [1.82, 2.24) is 15.2 Å². The lowest BCUT2D eigenvalue weighted by atomic mass is 9.97. The van der Waals surface area contributed by atoms with Gasteiger partial charge in [-0.15, -0.1) is 0 Å². The van der Waals surface area contributed by atoms with Crippen LogP contribution in [-0.2, 0) is 21.1 Å². The number of carbonyl (C=O) groups excluding carboxylic acids is 1. The van der Waals surface area contributed by atoms with Gasteiger partial charge in [0.25, 0.3) is 5.91 Å². The van der Waals surface area contributed by atoms with Crippen molar-refractivity contribution in [3.8, 4) is 0 Å². The number of rotatable bonds is 9. The Labute approximate surface area is 226 Å². The number of halogens is 3. The van der Waals surface area contributed by atoms with Gasteiger partial charge < -0.3 is 15.2 Å². The van der Waals surface area contributed by atoms with Crippen LogP contribution in [0.15, 0.2) is 41.4 Å². The molecule has 2 N–H and O–H groups in total. The second-order valence-corrected chi connectivity index (χ2v) is 12.4. The molecule has 0 saturated carbocycles. The van der Waals surface area contributed by atoms with Gasteiger partial charge in [0.1, 0.15) is 0 Å². The molecule has 2 aliphatic heterocycles. The molecule has 12 heteroatoms. The molecule has 1 unspecified atom stereocenters. The Balaban J connectivity index is 1.41. The highest BCUT2D eigenvalue weighted by molar-refractivity contribution is 7.91. The minimum Gasteiger partial charge on any atom is -0.394 e. The van der Waals surface area contributed by atoms with Crippen LogP contribution in [-0.4, -0.2) is 67.1 Å². The lowest BCUT2D eigenvalue weighted by Crippen LogP contribution is -2.40. The summed E-state index contributed by atoms with van der Waals surface area (Å²) in [5.74, 6) is -0.472. The molecule has 0 radical (unpaired) electrons. The minimum absolute atomic E-state index is 0.000514. The lowest BCUT2D eigenvalue weighted by molar-refractivity contribution is -0.236. The highest BCUT2D eigenvalue weighted by Crippen LogP contribution is 2.38. The molecule has 214 valence electrons. The van der Waals surface area contributed by atoms with Crippen LogP contribution in [0.1, 0.15) is 72.4 Å². The Morgan fingerprint density at radius 3 is 2.51 bits per heavy atom. The summed E-state index contributed by atoms with van der Waals surface area (Å²) in [6, 6.07) is 7.08. The van der Waals surface area contributed by atoms with Gasteiger partial charge in [0.2, 0.25) is 0 Å². The number of ether oxygens (including phenoxy) is 1. The average molecular weight is 570 g/mol. The van der Waals surface area contributed by atoms with Crippen LogP contribution in [0.5, 0.6) is 0 Å². The lowest BCUT2D eigenvalue weighted by Gasteiger charge is -2.34. The van der Waals surface area contributed by atoms with E-state index in [1.54, 1.807) is 25.1 Å². The fourth-order valence-electron chi connectivity index (χ4n) is 5.31. The van der Waals surface area contributed by atoms with E-state index < -0.39 is 34.1 Å². The smallest absolute Gasteiger partial charge is 0.394 e. The summed E-state index contributed by atoms with van der Waals surface area (Å²) in [5.41, 5.74) is 2.62. The zero-order valence-electron chi connectivity index (χ0n) is 21.9. The highest BCUT2D eigenvalue weighted by Gasteiger charge is 2.43. The van der Waals surface area contributed by atoms with E-state index in [-0.39, 0.29) is 42.2 Å². The van der Waals surface area contributed by atoms with Crippen molar-refractivity contribution in [2.24, 2.45) is 5.92 Å². The zero-order valence-corrected chi connectivity index (χ0v) is 22.8. The number of sulfone groups is 1. The maximum absolute atomic E-state index is 13.0. The van der Waals surface area contributed by atoms with E-state index in [9.17, 15) is 31.5 Å². The standard InChI is InChI=1S/C27H34F3N3O5S/c1-3-23-25-20(14-33(23)13-17-5-10-24(38-16-17)27(28,29)30)11-19(12-31-25)26(35)32-22(15-34)18-6-8-21(9-7-18)39(36,37)4-2/h6-9,11-12,17,22-24,34H,3-5,10,13-16H2,1-2H3,(H,32,35)/t17-,22+,23+,24?/m1/s1. The quantitative estimate of drug-likeness (QED) is 0.471. The third kappa shape index (κ3) is 6.62. The van der Waals surface area contributed by atoms with Crippen LogP contribution in [0, 0.1) is 5.92 Å². The number of pyridine rings is 1. The fourth-order valence-corrected chi connectivity index (χ4v) is 6.19. The topological polar surface area (TPSA) is 109 Å². The number of aliphatic hydroxyl groups is 1. The SMILES string of the molecule is CC[C@H]1c2ncc(C(=O)N[C@@H](CO)c3ccc(S(=O)(=O)CC)cc3)cc2CN1C[C@H]1CCC(C(F)(F)F)OC1. The van der Waals surface area contributed by atoms with Gasteiger partial charge in [-0.3, -0.25) is 14.7 Å². The summed E-state index contributed by atoms with van der Waals surface area (Å²) >= 11 is 0. The second kappa shape index (κ2) is 11.9. The number of amides is 1. The first-order chi connectivity index (χ1) is 18.5. The molecule has 1 aromatic carbocycles. The van der Waals surface area contributed by atoms with E-state index in [0.717, 1.165) is 17.7 Å². The second-order valence-electron chi connectivity index (χ2n) is 10.1. The molecule has 1 saturated heterocycles. The molecule has 4 rings (SSSR count). The van der Waals surface area contributed by atoms with Gasteiger partial charge >= 0.3 is 6.18 Å². The Morgan fingerprint density at radius 2 is 1.95 bits per heavy atom. The van der Waals surface area contributed by atoms with Crippen LogP contribution >= 0.6 is 0 Å². The zero-order chi connectivity index (χ0) is 28.4. The van der Waals surface area contributed by atoms with Gasteiger partial charge in [0, 0.05) is 19.3 Å². The number of hydrogen-bond acceptors (Lipinski definition) is 7. The summed E-state index contributed by atoms with van der Waals surface area (Å²) in [6.07, 6.45) is -3.39. The monoisotopic (exact) mass is 569 g/mol. The molecular formula is C27H34F3N3O5S. The maximum atomic E-state index is 13.0. The predicted molar refractivity (Wildman–Crippen MR) is 138 cm³/mol. The molecule has 4 atom stereocenters. The molecule has 3 heterocycles. The Morgan fingerprint density at radius 1 is 1.23 bits per heavy atom. The normalized spacial score (nSPS) is 22.9. The molecular weight excluding hydrogens is 535 g/mol. The van der Waals surface area contributed by atoms with Crippen molar-refractivity contribution in [3.63, 3.8) is 0 Å². The molecule has 1 aromatic heterocycles. The third-order valence-corrected chi connectivity index (χ3v) is 9.27. The molecule has 1 amide bonds. The number of fused-ring (bicyclic) bond motifs is 1. The number of aliphatic hydroxyl groups excluding tert-OH is 1. The molecule has 1 fully saturated rings. The molecule has 39 heavy (non-hydrogen) atoms. The number of carbonyl (C=O) groups is 1. The van der Waals surface area contributed by atoms with E-state index in [4.69, 9.17) is 4.74 Å². The van der Waals surface area contributed by atoms with Crippen molar-refractivity contribution < 1.29 is 36.2 Å². The molecule has 2 aromatic rings. The summed E-state index contributed by atoms with van der Waals surface area (Å²) in [4.78, 5) is 20.0. The molecule has 0 aliphatic carbocycles. The Hall–Kier alpha value is -2.54. The Bertz CT molecular complexity index is 1260. The Kier molecular flexibility index (Phi) is 8.99. The highest BCUT2D eigenvalue weighted by atomic mass is 32.2. The largest absolute Gasteiger partial charge is 0.414 e. The van der Waals surface area contributed by atoms with Crippen molar-refractivity contribution >= 4 is 15.7 Å². The predicted octanol–water partition coefficient (Wildman–Crippen LogP) is 3.96. The van der Waals surface area contributed by atoms with Gasteiger partial charge in [-0.05, 0) is 54.5 Å². The number of nitrogens with zero attached hydrogens (tertiary/aromatic N) is 2. The maximum Gasteiger partial charge on any atom is 0.414 e. The van der Waals surface area contributed by atoms with Crippen LogP contribution in [0.3, 0.4) is 0 Å². The number of aromatic nitrogens is 1. The van der Waals surface area contributed by atoms with Crippen LogP contribution in [0.25, 0.3) is 0 Å². The number of nitrogens with one attached hydrogen (secondary N) is 1. The van der Waals surface area contributed by atoms with Crippen molar-refractivity contribution in [3.05, 3.63) is 58.9 Å². The van der Waals surface area contributed by atoms with Crippen LogP contribution in [0.4, 0.5) is 13.2 Å². The fraction of sp³-hybridized carbons (Fsp3) is 0.556. The molecule has 0 bridgehead atoms. The van der Waals surface area contributed by atoms with Crippen LogP contribution in [0.2, 0.25) is 0 Å². The molecule has 0 spiro atoms. The summed E-state index contributed by atoms with van der Waals surface area (Å²) in [5, 5.41) is 12.7. The van der Waals surface area contributed by atoms with E-state index in [0.29, 0.717) is 30.6 Å². The molecule has 8 nitrogen and oxygen atoms in total. The van der Waals surface area contributed by atoms with Gasteiger partial charge in [-0.2, -0.15) is 13.2 Å². The first-order valence-corrected chi connectivity index (χ1v) is 14.8. The minimum atomic E-state index is -4.34. The first-order valence-electron chi connectivity index (χ1n) is 13.1. The van der Waals surface area contributed by atoms with Gasteiger partial charge in [-0.1, -0.05) is 26.0 Å². The summed E-state index contributed by atoms with van der Waals surface area (Å²) in [6.45, 7) is 4.37. The van der Waals surface area contributed by atoms with E-state index >= 15 is 0 Å². The number of alkyl halides is 3.